The molecule has 4 nitrogen and oxygen atoms in total. The summed E-state index contributed by atoms with van der Waals surface area (Å²) >= 11 is 3.12. The Morgan fingerprint density at radius 1 is 1.22 bits per heavy atom. The summed E-state index contributed by atoms with van der Waals surface area (Å²) in [4.78, 5) is 12.1. The number of alkyl halides is 3. The Kier molecular flexibility index (Phi) is 5.40. The number of sulfone groups is 1. The van der Waals surface area contributed by atoms with Crippen LogP contribution in [0.5, 0.6) is 0 Å². The van der Waals surface area contributed by atoms with Crippen LogP contribution in [0.25, 0.3) is 0 Å². The number of hydrogen-bond acceptors (Lipinski definition) is 3. The molecule has 1 fully saturated rings. The molecule has 0 bridgehead atoms. The van der Waals surface area contributed by atoms with Crippen LogP contribution in [0.2, 0.25) is 0 Å². The van der Waals surface area contributed by atoms with E-state index >= 15 is 0 Å². The van der Waals surface area contributed by atoms with Gasteiger partial charge in [0.1, 0.15) is 9.84 Å². The molecular formula is C14H15BrF3NO3S. The largest absolute Gasteiger partial charge is 0.315 e. The highest BCUT2D eigenvalue weighted by molar-refractivity contribution is 9.10. The Hall–Kier alpha value is -1.09. The molecule has 1 atom stereocenters. The van der Waals surface area contributed by atoms with Gasteiger partial charge in [-0.1, -0.05) is 28.1 Å². The second-order valence-electron chi connectivity index (χ2n) is 5.43. The maximum Gasteiger partial charge on any atom is 0.294 e. The van der Waals surface area contributed by atoms with Crippen molar-refractivity contribution in [2.45, 2.75) is 25.1 Å². The molecule has 1 amide bonds. The summed E-state index contributed by atoms with van der Waals surface area (Å²) in [5.41, 5.74) is -0.368. The molecule has 128 valence electrons. The highest BCUT2D eigenvalue weighted by Gasteiger charge is 2.45. The molecule has 1 N–H and O–H groups in total. The zero-order valence-electron chi connectivity index (χ0n) is 11.9. The third kappa shape index (κ3) is 4.26. The fourth-order valence-corrected chi connectivity index (χ4v) is 4.13. The Bertz CT molecular complexity index is 667. The van der Waals surface area contributed by atoms with Gasteiger partial charge < -0.3 is 5.32 Å². The SMILES string of the molecule is O=C(NC(F)(c1ccc(Br)cc1)C(F)F)C1CCS(=O)(=O)CC1. The third-order valence-corrected chi connectivity index (χ3v) is 6.04. The lowest BCUT2D eigenvalue weighted by molar-refractivity contribution is -0.138. The first-order chi connectivity index (χ1) is 10.6. The average Bonchev–Trinajstić information content (AvgIpc) is 2.47. The summed E-state index contributed by atoms with van der Waals surface area (Å²) in [6.07, 6.45) is -3.44. The Morgan fingerprint density at radius 3 is 2.22 bits per heavy atom. The molecule has 1 saturated heterocycles. The zero-order chi connectivity index (χ0) is 17.3. The van der Waals surface area contributed by atoms with Gasteiger partial charge in [0.25, 0.3) is 12.2 Å². The summed E-state index contributed by atoms with van der Waals surface area (Å²) in [6, 6.07) is 5.10. The lowest BCUT2D eigenvalue weighted by Gasteiger charge is -2.29. The number of hydrogen-bond donors (Lipinski definition) is 1. The minimum absolute atomic E-state index is 0.00776. The minimum atomic E-state index is -3.46. The van der Waals surface area contributed by atoms with Gasteiger partial charge in [-0.05, 0) is 25.0 Å². The Labute approximate surface area is 140 Å². The van der Waals surface area contributed by atoms with E-state index in [1.165, 1.54) is 12.1 Å². The van der Waals surface area contributed by atoms with Crippen molar-refractivity contribution >= 4 is 31.7 Å². The molecule has 0 saturated carbocycles. The number of halogens is 4. The van der Waals surface area contributed by atoms with Gasteiger partial charge in [-0.3, -0.25) is 4.79 Å². The maximum atomic E-state index is 14.7. The van der Waals surface area contributed by atoms with Crippen LogP contribution in [0.1, 0.15) is 18.4 Å². The number of rotatable bonds is 4. The second-order valence-corrected chi connectivity index (χ2v) is 8.65. The molecule has 0 spiro atoms. The molecule has 1 aliphatic heterocycles. The van der Waals surface area contributed by atoms with Crippen molar-refractivity contribution < 1.29 is 26.4 Å². The first kappa shape index (κ1) is 18.3. The lowest BCUT2D eigenvalue weighted by Crippen LogP contribution is -2.50. The Morgan fingerprint density at radius 2 is 1.74 bits per heavy atom. The summed E-state index contributed by atoms with van der Waals surface area (Å²) in [5, 5.41) is 1.76. The van der Waals surface area contributed by atoms with Crippen molar-refractivity contribution in [3.05, 3.63) is 34.3 Å². The van der Waals surface area contributed by atoms with E-state index in [0.29, 0.717) is 4.47 Å². The molecule has 23 heavy (non-hydrogen) atoms. The smallest absolute Gasteiger partial charge is 0.294 e. The van der Waals surface area contributed by atoms with Crippen LogP contribution in [0.15, 0.2) is 28.7 Å². The van der Waals surface area contributed by atoms with Gasteiger partial charge in [-0.25, -0.2) is 21.6 Å². The van der Waals surface area contributed by atoms with Gasteiger partial charge in [0.15, 0.2) is 0 Å². The molecule has 2 rings (SSSR count). The molecule has 1 unspecified atom stereocenters. The van der Waals surface area contributed by atoms with Gasteiger partial charge in [-0.15, -0.1) is 0 Å². The van der Waals surface area contributed by atoms with Crippen LogP contribution in [-0.2, 0) is 20.4 Å². The fourth-order valence-electron chi connectivity index (χ4n) is 2.38. The van der Waals surface area contributed by atoms with E-state index in [1.807, 2.05) is 0 Å². The van der Waals surface area contributed by atoms with Crippen LogP contribution in [0.4, 0.5) is 13.2 Å². The normalized spacial score (nSPS) is 20.9. The predicted octanol–water partition coefficient (Wildman–Crippen LogP) is 2.78. The highest BCUT2D eigenvalue weighted by Crippen LogP contribution is 2.32. The molecular weight excluding hydrogens is 399 g/mol. The number of amides is 1. The summed E-state index contributed by atoms with van der Waals surface area (Å²) in [5.74, 6) is -5.39. The molecule has 9 heteroatoms. The van der Waals surface area contributed by atoms with Crippen LogP contribution in [0, 0.1) is 5.92 Å². The quantitative estimate of drug-likeness (QED) is 0.771. The van der Waals surface area contributed by atoms with Crippen LogP contribution >= 0.6 is 15.9 Å². The molecule has 1 aromatic carbocycles. The predicted molar refractivity (Wildman–Crippen MR) is 82.5 cm³/mol. The van der Waals surface area contributed by atoms with E-state index in [9.17, 15) is 26.4 Å². The van der Waals surface area contributed by atoms with E-state index in [-0.39, 0.29) is 29.9 Å². The van der Waals surface area contributed by atoms with Crippen LogP contribution < -0.4 is 5.32 Å². The highest BCUT2D eigenvalue weighted by atomic mass is 79.9. The number of benzene rings is 1. The van der Waals surface area contributed by atoms with E-state index in [2.05, 4.69) is 15.9 Å². The number of carbonyl (C=O) groups excluding carboxylic acids is 1. The number of carbonyl (C=O) groups is 1. The molecule has 1 aliphatic rings. The molecule has 1 aromatic rings. The molecule has 0 radical (unpaired) electrons. The van der Waals surface area contributed by atoms with Crippen molar-refractivity contribution in [3.8, 4) is 0 Å². The number of nitrogens with one attached hydrogen (secondary N) is 1. The van der Waals surface area contributed by atoms with E-state index in [1.54, 1.807) is 5.32 Å². The topological polar surface area (TPSA) is 63.2 Å². The van der Waals surface area contributed by atoms with Crippen molar-refractivity contribution in [3.63, 3.8) is 0 Å². The third-order valence-electron chi connectivity index (χ3n) is 3.80. The van der Waals surface area contributed by atoms with Crippen molar-refractivity contribution in [2.75, 3.05) is 11.5 Å². The van der Waals surface area contributed by atoms with Crippen molar-refractivity contribution in [1.29, 1.82) is 0 Å². The van der Waals surface area contributed by atoms with Crippen molar-refractivity contribution in [1.82, 2.24) is 5.32 Å². The first-order valence-corrected chi connectivity index (χ1v) is 9.51. The molecule has 0 aromatic heterocycles. The maximum absolute atomic E-state index is 14.7. The first-order valence-electron chi connectivity index (χ1n) is 6.89. The summed E-state index contributed by atoms with van der Waals surface area (Å²) in [6.45, 7) is 0. The fraction of sp³-hybridized carbons (Fsp3) is 0.500. The van der Waals surface area contributed by atoms with Gasteiger partial charge in [0, 0.05) is 16.0 Å². The Balaban J connectivity index is 2.16. The lowest BCUT2D eigenvalue weighted by atomic mass is 9.99. The van der Waals surface area contributed by atoms with Gasteiger partial charge >= 0.3 is 0 Å². The average molecular weight is 414 g/mol. The van der Waals surface area contributed by atoms with Gasteiger partial charge in [0.2, 0.25) is 5.91 Å². The second kappa shape index (κ2) is 6.80. The minimum Gasteiger partial charge on any atom is -0.315 e. The zero-order valence-corrected chi connectivity index (χ0v) is 14.3. The van der Waals surface area contributed by atoms with Crippen molar-refractivity contribution in [2.24, 2.45) is 5.92 Å². The van der Waals surface area contributed by atoms with E-state index in [0.717, 1.165) is 12.1 Å². The molecule has 0 aliphatic carbocycles. The van der Waals surface area contributed by atoms with Crippen LogP contribution in [-0.4, -0.2) is 32.3 Å². The van der Waals surface area contributed by atoms with Gasteiger partial charge in [0.05, 0.1) is 11.5 Å². The van der Waals surface area contributed by atoms with E-state index in [4.69, 9.17) is 0 Å². The standard InChI is InChI=1S/C14H15BrF3NO3S/c15-11-3-1-10(2-4-11)14(18,13(16)17)19-12(20)9-5-7-23(21,22)8-6-9/h1-4,9,13H,5-8H2,(H,19,20). The molecule has 1 heterocycles. The van der Waals surface area contributed by atoms with E-state index < -0.39 is 33.9 Å². The van der Waals surface area contributed by atoms with Crippen LogP contribution in [0.3, 0.4) is 0 Å². The summed E-state index contributed by atoms with van der Waals surface area (Å²) < 4.78 is 64.4. The van der Waals surface area contributed by atoms with Gasteiger partial charge in [-0.2, -0.15) is 0 Å². The summed E-state index contributed by atoms with van der Waals surface area (Å²) in [7, 11) is -3.19. The monoisotopic (exact) mass is 413 g/mol.